The van der Waals surface area contributed by atoms with Gasteiger partial charge in [-0.25, -0.2) is 0 Å². The fourth-order valence-electron chi connectivity index (χ4n) is 1.66. The number of hydrogen-bond acceptors (Lipinski definition) is 8. The highest BCUT2D eigenvalue weighted by Gasteiger charge is 2.18. The topological polar surface area (TPSA) is 130 Å². The lowest BCUT2D eigenvalue weighted by molar-refractivity contribution is 0.407. The number of aromatic nitrogens is 4. The minimum absolute atomic E-state index is 0.123. The Morgan fingerprint density at radius 3 is 1.56 bits per heavy atom. The van der Waals surface area contributed by atoms with E-state index in [2.05, 4.69) is 20.7 Å². The van der Waals surface area contributed by atoms with E-state index in [1.807, 2.05) is 12.1 Å². The Bertz CT molecular complexity index is 630. The average molecular weight is 244 g/mol. The van der Waals surface area contributed by atoms with Gasteiger partial charge in [0.25, 0.3) is 11.8 Å². The Morgan fingerprint density at radius 2 is 1.22 bits per heavy atom. The number of nitrogens with two attached hydrogens (primary N) is 2. The van der Waals surface area contributed by atoms with Crippen LogP contribution < -0.4 is 11.5 Å². The van der Waals surface area contributed by atoms with Crippen LogP contribution in [0.25, 0.3) is 22.5 Å². The van der Waals surface area contributed by atoms with Crippen molar-refractivity contribution in [2.75, 3.05) is 11.5 Å². The van der Waals surface area contributed by atoms with Gasteiger partial charge in [-0.1, -0.05) is 24.3 Å². The molecule has 0 unspecified atom stereocenters. The molecule has 3 aromatic rings. The van der Waals surface area contributed by atoms with Crippen molar-refractivity contribution in [3.8, 4) is 22.5 Å². The largest absolute Gasteiger partial charge is 0.366 e. The predicted octanol–water partition coefficient (Wildman–Crippen LogP) is 0.951. The van der Waals surface area contributed by atoms with Gasteiger partial charge < -0.3 is 20.5 Å². The summed E-state index contributed by atoms with van der Waals surface area (Å²) in [5.41, 5.74) is 13.5. The number of anilines is 2. The number of nitrogen functional groups attached to an aromatic ring is 2. The first-order chi connectivity index (χ1) is 8.77. The first kappa shape index (κ1) is 10.3. The molecule has 0 saturated carbocycles. The van der Waals surface area contributed by atoms with Crippen molar-refractivity contribution in [2.24, 2.45) is 0 Å². The van der Waals surface area contributed by atoms with Crippen LogP contribution >= 0.6 is 0 Å². The molecule has 0 atom stereocenters. The molecular formula is C10H8N6O2. The fraction of sp³-hybridized carbons (Fsp3) is 0. The molecule has 3 rings (SSSR count). The fourth-order valence-corrected chi connectivity index (χ4v) is 1.66. The van der Waals surface area contributed by atoms with Gasteiger partial charge in [-0.2, -0.15) is 0 Å². The Labute approximate surface area is 101 Å². The molecule has 8 nitrogen and oxygen atoms in total. The summed E-state index contributed by atoms with van der Waals surface area (Å²) >= 11 is 0. The molecule has 0 aliphatic heterocycles. The lowest BCUT2D eigenvalue weighted by Gasteiger charge is -2.03. The molecular weight excluding hydrogens is 236 g/mol. The summed E-state index contributed by atoms with van der Waals surface area (Å²) in [6, 6.07) is 7.27. The Morgan fingerprint density at radius 1 is 0.778 bits per heavy atom. The number of nitrogens with zero attached hydrogens (tertiary/aromatic N) is 4. The van der Waals surface area contributed by atoms with Crippen molar-refractivity contribution >= 4 is 11.8 Å². The molecule has 1 aromatic carbocycles. The van der Waals surface area contributed by atoms with Crippen LogP contribution in [0.4, 0.5) is 11.8 Å². The van der Waals surface area contributed by atoms with E-state index in [0.29, 0.717) is 22.5 Å². The minimum Gasteiger partial charge on any atom is -0.366 e. The van der Waals surface area contributed by atoms with Gasteiger partial charge in [-0.15, -0.1) is 10.2 Å². The van der Waals surface area contributed by atoms with E-state index in [1.54, 1.807) is 12.1 Å². The van der Waals surface area contributed by atoms with E-state index < -0.39 is 0 Å². The van der Waals surface area contributed by atoms with Crippen LogP contribution in [0.2, 0.25) is 0 Å². The molecule has 18 heavy (non-hydrogen) atoms. The van der Waals surface area contributed by atoms with E-state index in [9.17, 15) is 0 Å². The highest BCUT2D eigenvalue weighted by atomic mass is 16.5. The Kier molecular flexibility index (Phi) is 2.19. The third kappa shape index (κ3) is 1.47. The first-order valence-electron chi connectivity index (χ1n) is 5.03. The van der Waals surface area contributed by atoms with Crippen molar-refractivity contribution in [3.05, 3.63) is 24.3 Å². The van der Waals surface area contributed by atoms with Crippen LogP contribution in [0.5, 0.6) is 0 Å². The third-order valence-corrected chi connectivity index (χ3v) is 2.46. The summed E-state index contributed by atoms with van der Waals surface area (Å²) in [5.74, 6) is 0.245. The van der Waals surface area contributed by atoms with Crippen molar-refractivity contribution < 1.29 is 9.05 Å². The predicted molar refractivity (Wildman–Crippen MR) is 61.9 cm³/mol. The molecule has 8 heteroatoms. The zero-order chi connectivity index (χ0) is 12.5. The zero-order valence-corrected chi connectivity index (χ0v) is 9.07. The van der Waals surface area contributed by atoms with Crippen molar-refractivity contribution in [1.82, 2.24) is 20.7 Å². The SMILES string of the molecule is Nc1onnc1-c1ccccc1-c1nnoc1N. The number of hydrogen-bond donors (Lipinski definition) is 2. The van der Waals surface area contributed by atoms with E-state index in [0.717, 1.165) is 0 Å². The second-order valence-electron chi connectivity index (χ2n) is 3.52. The summed E-state index contributed by atoms with van der Waals surface area (Å²) < 4.78 is 9.49. The third-order valence-electron chi connectivity index (χ3n) is 2.46. The summed E-state index contributed by atoms with van der Waals surface area (Å²) in [4.78, 5) is 0. The van der Waals surface area contributed by atoms with Crippen molar-refractivity contribution in [1.29, 1.82) is 0 Å². The molecule has 0 spiro atoms. The summed E-state index contributed by atoms with van der Waals surface area (Å²) in [5, 5.41) is 14.5. The highest BCUT2D eigenvalue weighted by molar-refractivity contribution is 5.86. The van der Waals surface area contributed by atoms with Gasteiger partial charge in [0, 0.05) is 21.7 Å². The average Bonchev–Trinajstić information content (AvgIpc) is 2.98. The molecule has 2 aromatic heterocycles. The van der Waals surface area contributed by atoms with Crippen molar-refractivity contribution in [3.63, 3.8) is 0 Å². The lowest BCUT2D eigenvalue weighted by atomic mass is 10.0. The molecule has 4 N–H and O–H groups in total. The first-order valence-corrected chi connectivity index (χ1v) is 5.03. The molecule has 2 heterocycles. The van der Waals surface area contributed by atoms with Crippen LogP contribution in [-0.4, -0.2) is 20.7 Å². The number of rotatable bonds is 2. The van der Waals surface area contributed by atoms with Crippen LogP contribution in [0.15, 0.2) is 33.3 Å². The molecule has 0 fully saturated rings. The second-order valence-corrected chi connectivity index (χ2v) is 3.52. The van der Waals surface area contributed by atoms with Gasteiger partial charge in [-0.05, 0) is 0 Å². The smallest absolute Gasteiger partial charge is 0.250 e. The minimum atomic E-state index is 0.123. The van der Waals surface area contributed by atoms with Gasteiger partial charge in [0.1, 0.15) is 0 Å². The van der Waals surface area contributed by atoms with Crippen LogP contribution in [0.1, 0.15) is 0 Å². The molecule has 0 radical (unpaired) electrons. The molecule has 0 aliphatic carbocycles. The van der Waals surface area contributed by atoms with E-state index in [4.69, 9.17) is 20.5 Å². The molecule has 0 amide bonds. The van der Waals surface area contributed by atoms with Gasteiger partial charge in [0.2, 0.25) is 0 Å². The van der Waals surface area contributed by atoms with Gasteiger partial charge >= 0.3 is 0 Å². The van der Waals surface area contributed by atoms with Crippen LogP contribution in [0.3, 0.4) is 0 Å². The van der Waals surface area contributed by atoms with Crippen LogP contribution in [-0.2, 0) is 0 Å². The van der Waals surface area contributed by atoms with Crippen LogP contribution in [0, 0.1) is 0 Å². The Balaban J connectivity index is 2.24. The van der Waals surface area contributed by atoms with E-state index >= 15 is 0 Å². The molecule has 0 bridgehead atoms. The van der Waals surface area contributed by atoms with Gasteiger partial charge in [0.05, 0.1) is 0 Å². The maximum absolute atomic E-state index is 5.65. The molecule has 0 saturated heterocycles. The van der Waals surface area contributed by atoms with E-state index in [-0.39, 0.29) is 11.8 Å². The quantitative estimate of drug-likeness (QED) is 0.681. The monoisotopic (exact) mass is 244 g/mol. The maximum atomic E-state index is 5.65. The normalized spacial score (nSPS) is 10.7. The summed E-state index contributed by atoms with van der Waals surface area (Å²) in [7, 11) is 0. The summed E-state index contributed by atoms with van der Waals surface area (Å²) in [6.45, 7) is 0. The second kappa shape index (κ2) is 3.84. The van der Waals surface area contributed by atoms with Gasteiger partial charge in [0.15, 0.2) is 11.4 Å². The lowest BCUT2D eigenvalue weighted by Crippen LogP contribution is -1.92. The zero-order valence-electron chi connectivity index (χ0n) is 9.07. The van der Waals surface area contributed by atoms with Crippen molar-refractivity contribution in [2.45, 2.75) is 0 Å². The van der Waals surface area contributed by atoms with Gasteiger partial charge in [-0.3, -0.25) is 0 Å². The summed E-state index contributed by atoms with van der Waals surface area (Å²) in [6.07, 6.45) is 0. The molecule has 90 valence electrons. The molecule has 0 aliphatic rings. The highest BCUT2D eigenvalue weighted by Crippen LogP contribution is 2.34. The van der Waals surface area contributed by atoms with E-state index in [1.165, 1.54) is 0 Å². The standard InChI is InChI=1S/C10H8N6O2/c11-9-7(13-15-17-9)5-3-1-2-4-6(5)8-10(12)18-16-14-8/h1-4H,11-12H2. The maximum Gasteiger partial charge on any atom is 0.250 e. The Hall–Kier alpha value is -2.90. The number of benzene rings is 1.